The quantitative estimate of drug-likeness (QED) is 0.431. The van der Waals surface area contributed by atoms with E-state index in [1.165, 1.54) is 16.1 Å². The lowest BCUT2D eigenvalue weighted by atomic mass is 10.0. The Labute approximate surface area is 184 Å². The van der Waals surface area contributed by atoms with Crippen molar-refractivity contribution in [1.29, 1.82) is 0 Å². The largest absolute Gasteiger partial charge is 0.485 e. The summed E-state index contributed by atoms with van der Waals surface area (Å²) in [5.41, 5.74) is 2.69. The summed E-state index contributed by atoms with van der Waals surface area (Å²) in [4.78, 5) is 6.37. The van der Waals surface area contributed by atoms with Gasteiger partial charge in [-0.3, -0.25) is 4.90 Å². The predicted octanol–water partition coefficient (Wildman–Crippen LogP) is 6.20. The summed E-state index contributed by atoms with van der Waals surface area (Å²) in [7, 11) is 0. The number of thiophene rings is 1. The Hall–Kier alpha value is -2.30. The molecular weight excluding hydrogens is 388 g/mol. The predicted molar refractivity (Wildman–Crippen MR) is 128 cm³/mol. The van der Waals surface area contributed by atoms with Crippen LogP contribution in [0.4, 0.5) is 5.69 Å². The molecule has 0 amide bonds. The van der Waals surface area contributed by atoms with Gasteiger partial charge in [0.2, 0.25) is 0 Å². The Morgan fingerprint density at radius 2 is 1.60 bits per heavy atom. The molecule has 0 saturated carbocycles. The van der Waals surface area contributed by atoms with Crippen molar-refractivity contribution in [2.45, 2.75) is 32.3 Å². The van der Waals surface area contributed by atoms with E-state index >= 15 is 0 Å². The van der Waals surface area contributed by atoms with E-state index in [1.54, 1.807) is 11.3 Å². The molecule has 3 nitrogen and oxygen atoms in total. The molecule has 1 fully saturated rings. The molecule has 30 heavy (non-hydrogen) atoms. The summed E-state index contributed by atoms with van der Waals surface area (Å²) < 4.78 is 6.45. The molecule has 1 aliphatic heterocycles. The summed E-state index contributed by atoms with van der Waals surface area (Å²) in [6, 6.07) is 23.7. The average Bonchev–Trinajstić information content (AvgIpc) is 3.33. The van der Waals surface area contributed by atoms with Crippen LogP contribution in [-0.4, -0.2) is 37.6 Å². The summed E-state index contributed by atoms with van der Waals surface area (Å²) in [5.74, 6) is 1.51. The molecule has 0 radical (unpaired) electrons. The summed E-state index contributed by atoms with van der Waals surface area (Å²) in [6.45, 7) is 9.90. The zero-order valence-electron chi connectivity index (χ0n) is 18.0. The average molecular weight is 421 g/mol. The highest BCUT2D eigenvalue weighted by Crippen LogP contribution is 2.29. The van der Waals surface area contributed by atoms with Crippen LogP contribution in [0.3, 0.4) is 0 Å². The van der Waals surface area contributed by atoms with Crippen LogP contribution in [-0.2, 0) is 0 Å². The van der Waals surface area contributed by atoms with E-state index in [0.29, 0.717) is 5.92 Å². The van der Waals surface area contributed by atoms with Gasteiger partial charge in [-0.2, -0.15) is 0 Å². The number of anilines is 1. The Bertz CT molecular complexity index is 869. The van der Waals surface area contributed by atoms with Crippen molar-refractivity contribution in [2.24, 2.45) is 0 Å². The lowest BCUT2D eigenvalue weighted by molar-refractivity contribution is 0.163. The van der Waals surface area contributed by atoms with Crippen molar-refractivity contribution in [3.8, 4) is 5.75 Å². The zero-order chi connectivity index (χ0) is 20.8. The molecule has 1 aliphatic rings. The van der Waals surface area contributed by atoms with Gasteiger partial charge in [0.05, 0.1) is 0 Å². The van der Waals surface area contributed by atoms with Crippen LogP contribution < -0.4 is 9.64 Å². The molecule has 1 unspecified atom stereocenters. The van der Waals surface area contributed by atoms with Crippen molar-refractivity contribution in [2.75, 3.05) is 37.6 Å². The first-order chi connectivity index (χ1) is 14.7. The van der Waals surface area contributed by atoms with Gasteiger partial charge in [0.15, 0.2) is 0 Å². The van der Waals surface area contributed by atoms with Crippen LogP contribution in [0.1, 0.15) is 42.7 Å². The SMILES string of the molecule is CC(C)c1ccc(OC(CCN2CCN(c3ccccc3)CC2)c2cccs2)cc1. The minimum absolute atomic E-state index is 0.113. The van der Waals surface area contributed by atoms with E-state index in [-0.39, 0.29) is 6.10 Å². The summed E-state index contributed by atoms with van der Waals surface area (Å²) in [6.07, 6.45) is 1.12. The lowest BCUT2D eigenvalue weighted by Gasteiger charge is -2.36. The third-order valence-corrected chi connectivity index (χ3v) is 6.85. The van der Waals surface area contributed by atoms with Crippen molar-refractivity contribution in [1.82, 2.24) is 4.90 Å². The van der Waals surface area contributed by atoms with E-state index in [2.05, 4.69) is 95.8 Å². The van der Waals surface area contributed by atoms with Gasteiger partial charge >= 0.3 is 0 Å². The lowest BCUT2D eigenvalue weighted by Crippen LogP contribution is -2.46. The highest BCUT2D eigenvalue weighted by molar-refractivity contribution is 7.10. The van der Waals surface area contributed by atoms with Gasteiger partial charge in [-0.25, -0.2) is 0 Å². The Balaban J connectivity index is 1.33. The molecule has 2 aromatic carbocycles. The molecule has 1 aromatic heterocycles. The number of hydrogen-bond donors (Lipinski definition) is 0. The van der Waals surface area contributed by atoms with Crippen molar-refractivity contribution in [3.05, 3.63) is 82.6 Å². The molecule has 0 spiro atoms. The van der Waals surface area contributed by atoms with Gasteiger partial charge in [-0.15, -0.1) is 11.3 Å². The Morgan fingerprint density at radius 3 is 2.23 bits per heavy atom. The zero-order valence-corrected chi connectivity index (χ0v) is 18.9. The standard InChI is InChI=1S/C26H32N2OS/c1-21(2)22-10-12-24(13-11-22)29-25(26-9-6-20-30-26)14-15-27-16-18-28(19-17-27)23-7-4-3-5-8-23/h3-13,20-21,25H,14-19H2,1-2H3. The number of rotatable bonds is 8. The van der Waals surface area contributed by atoms with E-state index in [9.17, 15) is 0 Å². The number of hydrogen-bond acceptors (Lipinski definition) is 4. The number of nitrogens with zero attached hydrogens (tertiary/aromatic N) is 2. The maximum Gasteiger partial charge on any atom is 0.134 e. The molecule has 4 heteroatoms. The van der Waals surface area contributed by atoms with Crippen LogP contribution in [0.5, 0.6) is 5.75 Å². The molecule has 4 rings (SSSR count). The van der Waals surface area contributed by atoms with Gasteiger partial charge in [0, 0.05) is 49.7 Å². The minimum Gasteiger partial charge on any atom is -0.485 e. The monoisotopic (exact) mass is 420 g/mol. The molecule has 0 aliphatic carbocycles. The van der Waals surface area contributed by atoms with E-state index in [1.807, 2.05) is 0 Å². The first kappa shape index (κ1) is 21.0. The minimum atomic E-state index is 0.113. The molecule has 1 atom stereocenters. The van der Waals surface area contributed by atoms with E-state index < -0.39 is 0 Å². The van der Waals surface area contributed by atoms with Crippen LogP contribution in [0.2, 0.25) is 0 Å². The number of piperazine rings is 1. The van der Waals surface area contributed by atoms with E-state index in [4.69, 9.17) is 4.74 Å². The topological polar surface area (TPSA) is 15.7 Å². The van der Waals surface area contributed by atoms with Crippen molar-refractivity contribution >= 4 is 17.0 Å². The molecule has 1 saturated heterocycles. The maximum atomic E-state index is 6.45. The normalized spacial score (nSPS) is 16.0. The molecule has 0 N–H and O–H groups in total. The van der Waals surface area contributed by atoms with Crippen LogP contribution in [0.25, 0.3) is 0 Å². The first-order valence-corrected chi connectivity index (χ1v) is 11.9. The summed E-state index contributed by atoms with van der Waals surface area (Å²) in [5, 5.41) is 2.15. The van der Waals surface area contributed by atoms with Gasteiger partial charge in [0.25, 0.3) is 0 Å². The van der Waals surface area contributed by atoms with E-state index in [0.717, 1.165) is 44.9 Å². The van der Waals surface area contributed by atoms with Crippen LogP contribution in [0, 0.1) is 0 Å². The highest BCUT2D eigenvalue weighted by atomic mass is 32.1. The molecule has 0 bridgehead atoms. The van der Waals surface area contributed by atoms with Gasteiger partial charge in [-0.05, 0) is 47.2 Å². The molecular formula is C26H32N2OS. The number of para-hydroxylation sites is 1. The summed E-state index contributed by atoms with van der Waals surface area (Å²) >= 11 is 1.79. The highest BCUT2D eigenvalue weighted by Gasteiger charge is 2.20. The third-order valence-electron chi connectivity index (χ3n) is 5.89. The molecule has 158 valence electrons. The second-order valence-electron chi connectivity index (χ2n) is 8.30. The van der Waals surface area contributed by atoms with Gasteiger partial charge in [-0.1, -0.05) is 50.2 Å². The van der Waals surface area contributed by atoms with Gasteiger partial charge < -0.3 is 9.64 Å². The fourth-order valence-corrected chi connectivity index (χ4v) is 4.79. The first-order valence-electron chi connectivity index (χ1n) is 11.0. The maximum absolute atomic E-state index is 6.45. The fourth-order valence-electron chi connectivity index (χ4n) is 4.00. The second kappa shape index (κ2) is 10.1. The fraction of sp³-hybridized carbons (Fsp3) is 0.385. The van der Waals surface area contributed by atoms with Gasteiger partial charge in [0.1, 0.15) is 11.9 Å². The smallest absolute Gasteiger partial charge is 0.134 e. The van der Waals surface area contributed by atoms with Crippen LogP contribution in [0.15, 0.2) is 72.1 Å². The van der Waals surface area contributed by atoms with Crippen molar-refractivity contribution < 1.29 is 4.74 Å². The second-order valence-corrected chi connectivity index (χ2v) is 9.28. The van der Waals surface area contributed by atoms with Crippen LogP contribution >= 0.6 is 11.3 Å². The third kappa shape index (κ3) is 5.44. The molecule has 2 heterocycles. The Morgan fingerprint density at radius 1 is 0.867 bits per heavy atom. The number of benzene rings is 2. The van der Waals surface area contributed by atoms with Crippen molar-refractivity contribution in [3.63, 3.8) is 0 Å². The Kier molecular flexibility index (Phi) is 7.08. The molecule has 3 aromatic rings. The number of ether oxygens (including phenoxy) is 1.